The van der Waals surface area contributed by atoms with Gasteiger partial charge in [0.1, 0.15) is 0 Å². The lowest BCUT2D eigenvalue weighted by molar-refractivity contribution is -0.133. The molecule has 1 aromatic carbocycles. The van der Waals surface area contributed by atoms with Crippen LogP contribution in [0.4, 0.5) is 0 Å². The summed E-state index contributed by atoms with van der Waals surface area (Å²) in [5.41, 5.74) is 1.15. The maximum absolute atomic E-state index is 12.6. The highest BCUT2D eigenvalue weighted by atomic mass is 16.2. The molecule has 0 saturated heterocycles. The molecule has 1 aromatic rings. The molecule has 3 rings (SSSR count). The van der Waals surface area contributed by atoms with Gasteiger partial charge in [0.15, 0.2) is 0 Å². The van der Waals surface area contributed by atoms with Crippen molar-refractivity contribution >= 4 is 11.8 Å². The second-order valence-electron chi connectivity index (χ2n) is 6.75. The van der Waals surface area contributed by atoms with Crippen LogP contribution in [0.1, 0.15) is 31.2 Å². The quantitative estimate of drug-likeness (QED) is 0.789. The Hall–Kier alpha value is -1.88. The van der Waals surface area contributed by atoms with Crippen LogP contribution in [-0.4, -0.2) is 53.8 Å². The van der Waals surface area contributed by atoms with Gasteiger partial charge < -0.3 is 10.2 Å². The minimum atomic E-state index is 0.0174. The summed E-state index contributed by atoms with van der Waals surface area (Å²) >= 11 is 0. The Morgan fingerprint density at radius 1 is 1.09 bits per heavy atom. The fourth-order valence-electron chi connectivity index (χ4n) is 2.71. The van der Waals surface area contributed by atoms with Crippen molar-refractivity contribution in [1.29, 1.82) is 0 Å². The molecule has 23 heavy (non-hydrogen) atoms. The molecular formula is C18H25N3O2. The molecule has 0 bridgehead atoms. The molecule has 124 valence electrons. The second kappa shape index (κ2) is 7.13. The van der Waals surface area contributed by atoms with Crippen LogP contribution < -0.4 is 5.32 Å². The Morgan fingerprint density at radius 2 is 1.78 bits per heavy atom. The van der Waals surface area contributed by atoms with Gasteiger partial charge in [-0.05, 0) is 38.3 Å². The molecule has 2 amide bonds. The van der Waals surface area contributed by atoms with Gasteiger partial charge in [-0.3, -0.25) is 14.5 Å². The maximum atomic E-state index is 12.6. The normalized spacial score (nSPS) is 17.1. The molecule has 0 aliphatic heterocycles. The Balaban J connectivity index is 1.50. The van der Waals surface area contributed by atoms with Gasteiger partial charge in [-0.2, -0.15) is 0 Å². The lowest BCUT2D eigenvalue weighted by atomic mass is 10.2. The molecule has 0 radical (unpaired) electrons. The topological polar surface area (TPSA) is 52.7 Å². The van der Waals surface area contributed by atoms with E-state index in [9.17, 15) is 9.59 Å². The van der Waals surface area contributed by atoms with Crippen LogP contribution in [0.15, 0.2) is 30.3 Å². The van der Waals surface area contributed by atoms with E-state index in [2.05, 4.69) is 17.4 Å². The van der Waals surface area contributed by atoms with Crippen LogP contribution in [0.25, 0.3) is 0 Å². The number of carbonyl (C=O) groups excluding carboxylic acids is 2. The fraction of sp³-hybridized carbons (Fsp3) is 0.556. The van der Waals surface area contributed by atoms with E-state index in [1.807, 2.05) is 30.1 Å². The molecule has 0 spiro atoms. The standard InChI is InChI=1S/C18H25N3O2/c1-20(12-17(22)19-15-7-8-15)13-18(23)21(16-9-10-16)11-14-5-3-2-4-6-14/h2-6,15-16H,7-13H2,1H3,(H,19,22). The van der Waals surface area contributed by atoms with Gasteiger partial charge in [-0.1, -0.05) is 30.3 Å². The van der Waals surface area contributed by atoms with Gasteiger partial charge >= 0.3 is 0 Å². The van der Waals surface area contributed by atoms with E-state index >= 15 is 0 Å². The van der Waals surface area contributed by atoms with Crippen molar-refractivity contribution in [3.8, 4) is 0 Å². The van der Waals surface area contributed by atoms with Crippen molar-refractivity contribution in [3.05, 3.63) is 35.9 Å². The van der Waals surface area contributed by atoms with Crippen molar-refractivity contribution in [2.75, 3.05) is 20.1 Å². The Bertz CT molecular complexity index is 553. The Morgan fingerprint density at radius 3 is 2.39 bits per heavy atom. The average molecular weight is 315 g/mol. The molecule has 0 aromatic heterocycles. The van der Waals surface area contributed by atoms with E-state index in [4.69, 9.17) is 0 Å². The SMILES string of the molecule is CN(CC(=O)NC1CC1)CC(=O)N(Cc1ccccc1)C1CC1. The van der Waals surface area contributed by atoms with E-state index in [-0.39, 0.29) is 18.4 Å². The predicted octanol–water partition coefficient (Wildman–Crippen LogP) is 1.39. The molecule has 2 aliphatic carbocycles. The van der Waals surface area contributed by atoms with Crippen LogP contribution in [-0.2, 0) is 16.1 Å². The monoisotopic (exact) mass is 315 g/mol. The van der Waals surface area contributed by atoms with Gasteiger partial charge in [-0.25, -0.2) is 0 Å². The zero-order valence-corrected chi connectivity index (χ0v) is 13.7. The molecule has 5 nitrogen and oxygen atoms in total. The molecule has 1 N–H and O–H groups in total. The summed E-state index contributed by atoms with van der Waals surface area (Å²) in [5, 5.41) is 2.96. The van der Waals surface area contributed by atoms with Crippen LogP contribution >= 0.6 is 0 Å². The first kappa shape index (κ1) is 16.0. The summed E-state index contributed by atoms with van der Waals surface area (Å²) in [5.74, 6) is 0.127. The molecule has 0 unspecified atom stereocenters. The molecule has 2 saturated carbocycles. The van der Waals surface area contributed by atoms with E-state index in [0.717, 1.165) is 31.2 Å². The lowest BCUT2D eigenvalue weighted by Crippen LogP contribution is -2.43. The minimum absolute atomic E-state index is 0.0174. The number of benzene rings is 1. The van der Waals surface area contributed by atoms with Gasteiger partial charge in [0.05, 0.1) is 13.1 Å². The van der Waals surface area contributed by atoms with Gasteiger partial charge in [-0.15, -0.1) is 0 Å². The summed E-state index contributed by atoms with van der Waals surface area (Å²) in [7, 11) is 1.83. The van der Waals surface area contributed by atoms with E-state index in [0.29, 0.717) is 25.2 Å². The first-order valence-corrected chi connectivity index (χ1v) is 8.43. The number of hydrogen-bond donors (Lipinski definition) is 1. The third-order valence-electron chi connectivity index (χ3n) is 4.26. The average Bonchev–Trinajstić information content (AvgIpc) is 3.39. The highest BCUT2D eigenvalue weighted by Gasteiger charge is 2.33. The highest BCUT2D eigenvalue weighted by Crippen LogP contribution is 2.28. The molecule has 2 aliphatic rings. The summed E-state index contributed by atoms with van der Waals surface area (Å²) in [6.45, 7) is 1.24. The number of rotatable bonds is 8. The number of nitrogens with one attached hydrogen (secondary N) is 1. The third-order valence-corrected chi connectivity index (χ3v) is 4.26. The minimum Gasteiger partial charge on any atom is -0.352 e. The van der Waals surface area contributed by atoms with Crippen molar-refractivity contribution in [2.24, 2.45) is 0 Å². The number of carbonyl (C=O) groups is 2. The summed E-state index contributed by atoms with van der Waals surface area (Å²) in [4.78, 5) is 28.2. The molecule has 0 heterocycles. The third kappa shape index (κ3) is 5.06. The fourth-order valence-corrected chi connectivity index (χ4v) is 2.71. The van der Waals surface area contributed by atoms with Gasteiger partial charge in [0.25, 0.3) is 0 Å². The summed E-state index contributed by atoms with van der Waals surface area (Å²) < 4.78 is 0. The second-order valence-corrected chi connectivity index (χ2v) is 6.75. The van der Waals surface area contributed by atoms with Gasteiger partial charge in [0.2, 0.25) is 11.8 Å². The Labute approximate surface area is 137 Å². The van der Waals surface area contributed by atoms with E-state index in [1.54, 1.807) is 4.90 Å². The molecule has 5 heteroatoms. The van der Waals surface area contributed by atoms with Crippen molar-refractivity contribution < 1.29 is 9.59 Å². The van der Waals surface area contributed by atoms with E-state index in [1.165, 1.54) is 0 Å². The summed E-state index contributed by atoms with van der Waals surface area (Å²) in [6, 6.07) is 10.8. The van der Waals surface area contributed by atoms with Crippen molar-refractivity contribution in [1.82, 2.24) is 15.1 Å². The smallest absolute Gasteiger partial charge is 0.237 e. The number of nitrogens with zero attached hydrogens (tertiary/aromatic N) is 2. The number of hydrogen-bond acceptors (Lipinski definition) is 3. The lowest BCUT2D eigenvalue weighted by Gasteiger charge is -2.25. The van der Waals surface area contributed by atoms with E-state index < -0.39 is 0 Å². The molecule has 2 fully saturated rings. The van der Waals surface area contributed by atoms with Crippen LogP contribution in [0.5, 0.6) is 0 Å². The van der Waals surface area contributed by atoms with Gasteiger partial charge in [0, 0.05) is 18.6 Å². The van der Waals surface area contributed by atoms with Crippen LogP contribution in [0.3, 0.4) is 0 Å². The zero-order chi connectivity index (χ0) is 16.2. The first-order chi connectivity index (χ1) is 11.1. The van der Waals surface area contributed by atoms with Crippen LogP contribution in [0, 0.1) is 0 Å². The number of amides is 2. The van der Waals surface area contributed by atoms with Crippen molar-refractivity contribution in [2.45, 2.75) is 44.3 Å². The Kier molecular flexibility index (Phi) is 4.96. The highest BCUT2D eigenvalue weighted by molar-refractivity contribution is 5.81. The van der Waals surface area contributed by atoms with Crippen molar-refractivity contribution in [3.63, 3.8) is 0 Å². The number of likely N-dealkylation sites (N-methyl/N-ethyl adjacent to an activating group) is 1. The first-order valence-electron chi connectivity index (χ1n) is 8.43. The molecule has 0 atom stereocenters. The summed E-state index contributed by atoms with van der Waals surface area (Å²) in [6.07, 6.45) is 4.34. The molecular weight excluding hydrogens is 290 g/mol. The maximum Gasteiger partial charge on any atom is 0.237 e. The van der Waals surface area contributed by atoms with Crippen LogP contribution in [0.2, 0.25) is 0 Å². The largest absolute Gasteiger partial charge is 0.352 e. The predicted molar refractivity (Wildman–Crippen MR) is 88.7 cm³/mol. The zero-order valence-electron chi connectivity index (χ0n) is 13.7.